The van der Waals surface area contributed by atoms with Crippen LogP contribution in [0.15, 0.2) is 72.2 Å². The van der Waals surface area contributed by atoms with Crippen LogP contribution >= 0.6 is 0 Å². The van der Waals surface area contributed by atoms with Gasteiger partial charge in [-0.15, -0.1) is 0 Å². The van der Waals surface area contributed by atoms with Crippen LogP contribution in [0.4, 0.5) is 0 Å². The molecule has 0 aliphatic heterocycles. The predicted octanol–water partition coefficient (Wildman–Crippen LogP) is 2.95. The van der Waals surface area contributed by atoms with E-state index in [0.717, 1.165) is 11.1 Å². The molecule has 0 spiro atoms. The van der Waals surface area contributed by atoms with E-state index in [-0.39, 0.29) is 5.43 Å². The molecule has 0 saturated carbocycles. The Labute approximate surface area is 178 Å². The fourth-order valence-corrected chi connectivity index (χ4v) is 3.05. The molecule has 0 bridgehead atoms. The minimum absolute atomic E-state index is 0.164. The van der Waals surface area contributed by atoms with E-state index in [2.05, 4.69) is 26.1 Å². The summed E-state index contributed by atoms with van der Waals surface area (Å²) >= 11 is 0. The van der Waals surface area contributed by atoms with Gasteiger partial charge in [-0.1, -0.05) is 18.2 Å². The summed E-state index contributed by atoms with van der Waals surface area (Å²) in [6.45, 7) is 2.45. The number of ether oxygens (including phenoxy) is 1. The van der Waals surface area contributed by atoms with E-state index in [1.807, 2.05) is 31.2 Å². The molecule has 4 rings (SSSR count). The van der Waals surface area contributed by atoms with Crippen LogP contribution in [0.1, 0.15) is 23.7 Å². The van der Waals surface area contributed by atoms with E-state index < -0.39 is 0 Å². The molecule has 0 saturated heterocycles. The molecule has 31 heavy (non-hydrogen) atoms. The first kappa shape index (κ1) is 19.9. The average Bonchev–Trinajstić information content (AvgIpc) is 2.81. The van der Waals surface area contributed by atoms with Gasteiger partial charge in [0.25, 0.3) is 0 Å². The summed E-state index contributed by atoms with van der Waals surface area (Å²) in [6.07, 6.45) is 8.25. The number of rotatable bonds is 6. The molecule has 8 nitrogen and oxygen atoms in total. The van der Waals surface area contributed by atoms with Gasteiger partial charge in [-0.2, -0.15) is 10.4 Å². The Morgan fingerprint density at radius 3 is 2.71 bits per heavy atom. The van der Waals surface area contributed by atoms with Gasteiger partial charge >= 0.3 is 0 Å². The van der Waals surface area contributed by atoms with Crippen molar-refractivity contribution in [2.45, 2.75) is 13.3 Å². The Morgan fingerprint density at radius 2 is 1.94 bits per heavy atom. The SMILES string of the molecule is CCOc1cnc(-c2cccc(Cc3nn(-c4cncc(C#N)c4)ccc3=O)c2)nc1. The zero-order valence-electron chi connectivity index (χ0n) is 16.8. The number of hydrogen-bond donors (Lipinski definition) is 0. The van der Waals surface area contributed by atoms with E-state index in [0.29, 0.717) is 41.5 Å². The first-order valence-electron chi connectivity index (χ1n) is 9.65. The Balaban J connectivity index is 1.61. The van der Waals surface area contributed by atoms with Crippen LogP contribution in [0.2, 0.25) is 0 Å². The minimum atomic E-state index is -0.164. The van der Waals surface area contributed by atoms with Gasteiger partial charge in [-0.05, 0) is 24.6 Å². The normalized spacial score (nSPS) is 10.5. The first-order valence-corrected chi connectivity index (χ1v) is 9.65. The molecule has 0 aliphatic rings. The molecule has 0 radical (unpaired) electrons. The standard InChI is InChI=1S/C23H18N6O2/c1-2-31-20-14-26-23(27-15-20)18-5-3-4-16(8-18)10-21-22(30)6-7-29(28-21)19-9-17(11-24)12-25-13-19/h3-9,12-15H,2,10H2,1H3. The van der Waals surface area contributed by atoms with Crippen molar-refractivity contribution < 1.29 is 4.74 Å². The van der Waals surface area contributed by atoms with Crippen molar-refractivity contribution in [1.82, 2.24) is 24.7 Å². The fourth-order valence-electron chi connectivity index (χ4n) is 3.05. The number of pyridine rings is 1. The van der Waals surface area contributed by atoms with Crippen molar-refractivity contribution in [3.8, 4) is 28.9 Å². The highest BCUT2D eigenvalue weighted by molar-refractivity contribution is 5.56. The van der Waals surface area contributed by atoms with Crippen molar-refractivity contribution in [3.05, 3.63) is 94.4 Å². The summed E-state index contributed by atoms with van der Waals surface area (Å²) < 4.78 is 6.93. The molecule has 8 heteroatoms. The Morgan fingerprint density at radius 1 is 1.10 bits per heavy atom. The van der Waals surface area contributed by atoms with Crippen LogP contribution in [0, 0.1) is 11.3 Å². The van der Waals surface area contributed by atoms with Crippen LogP contribution in [0.3, 0.4) is 0 Å². The number of nitrogens with zero attached hydrogens (tertiary/aromatic N) is 6. The molecule has 0 amide bonds. The Bertz CT molecular complexity index is 1310. The summed E-state index contributed by atoms with van der Waals surface area (Å²) in [4.78, 5) is 25.2. The van der Waals surface area contributed by atoms with Gasteiger partial charge in [-0.25, -0.2) is 14.6 Å². The van der Waals surface area contributed by atoms with Gasteiger partial charge < -0.3 is 4.74 Å². The summed E-state index contributed by atoms with van der Waals surface area (Å²) in [7, 11) is 0. The second kappa shape index (κ2) is 8.97. The largest absolute Gasteiger partial charge is 0.491 e. The summed E-state index contributed by atoms with van der Waals surface area (Å²) in [5.74, 6) is 1.19. The molecular weight excluding hydrogens is 392 g/mol. The maximum atomic E-state index is 12.4. The van der Waals surface area contributed by atoms with Gasteiger partial charge in [-0.3, -0.25) is 9.78 Å². The molecule has 4 aromatic rings. The number of aromatic nitrogens is 5. The van der Waals surface area contributed by atoms with Crippen LogP contribution in [-0.4, -0.2) is 31.3 Å². The summed E-state index contributed by atoms with van der Waals surface area (Å²) in [5, 5.41) is 13.5. The lowest BCUT2D eigenvalue weighted by molar-refractivity contribution is 0.337. The average molecular weight is 410 g/mol. The van der Waals surface area contributed by atoms with Crippen LogP contribution in [0.25, 0.3) is 17.1 Å². The van der Waals surface area contributed by atoms with Crippen LogP contribution in [-0.2, 0) is 6.42 Å². The molecule has 0 aliphatic carbocycles. The van der Waals surface area contributed by atoms with Gasteiger partial charge in [0, 0.05) is 30.4 Å². The zero-order valence-corrected chi connectivity index (χ0v) is 16.8. The molecule has 3 aromatic heterocycles. The molecule has 0 fully saturated rings. The van der Waals surface area contributed by atoms with E-state index >= 15 is 0 Å². The highest BCUT2D eigenvalue weighted by Crippen LogP contribution is 2.19. The topological polar surface area (TPSA) is 107 Å². The molecule has 0 unspecified atom stereocenters. The number of benzene rings is 1. The maximum Gasteiger partial charge on any atom is 0.203 e. The monoisotopic (exact) mass is 410 g/mol. The van der Waals surface area contributed by atoms with Gasteiger partial charge in [0.1, 0.15) is 11.8 Å². The first-order chi connectivity index (χ1) is 15.2. The van der Waals surface area contributed by atoms with Crippen LogP contribution in [0.5, 0.6) is 5.75 Å². The second-order valence-corrected chi connectivity index (χ2v) is 6.67. The summed E-state index contributed by atoms with van der Waals surface area (Å²) in [5.41, 5.74) is 2.99. The predicted molar refractivity (Wildman–Crippen MR) is 114 cm³/mol. The molecule has 0 N–H and O–H groups in total. The van der Waals surface area contributed by atoms with E-state index in [1.54, 1.807) is 35.5 Å². The van der Waals surface area contributed by atoms with Crippen molar-refractivity contribution in [2.24, 2.45) is 0 Å². The quantitative estimate of drug-likeness (QED) is 0.481. The molecule has 3 heterocycles. The van der Waals surface area contributed by atoms with Crippen molar-refractivity contribution in [1.29, 1.82) is 5.26 Å². The van der Waals surface area contributed by atoms with Crippen molar-refractivity contribution in [3.63, 3.8) is 0 Å². The molecule has 1 aromatic carbocycles. The van der Waals surface area contributed by atoms with Crippen molar-refractivity contribution >= 4 is 0 Å². The fraction of sp³-hybridized carbons (Fsp3) is 0.130. The maximum absolute atomic E-state index is 12.4. The minimum Gasteiger partial charge on any atom is -0.491 e. The number of hydrogen-bond acceptors (Lipinski definition) is 7. The molecule has 0 atom stereocenters. The lowest BCUT2D eigenvalue weighted by Gasteiger charge is -2.08. The highest BCUT2D eigenvalue weighted by atomic mass is 16.5. The van der Waals surface area contributed by atoms with Gasteiger partial charge in [0.05, 0.1) is 36.4 Å². The summed E-state index contributed by atoms with van der Waals surface area (Å²) in [6, 6.07) is 12.8. The third-order valence-electron chi connectivity index (χ3n) is 4.49. The lowest BCUT2D eigenvalue weighted by Crippen LogP contribution is -2.16. The Hall–Kier alpha value is -4.38. The third kappa shape index (κ3) is 4.62. The number of nitriles is 1. The molecular formula is C23H18N6O2. The van der Waals surface area contributed by atoms with E-state index in [1.165, 1.54) is 12.3 Å². The van der Waals surface area contributed by atoms with Crippen LogP contribution < -0.4 is 10.2 Å². The smallest absolute Gasteiger partial charge is 0.203 e. The second-order valence-electron chi connectivity index (χ2n) is 6.67. The van der Waals surface area contributed by atoms with Gasteiger partial charge in [0.15, 0.2) is 11.6 Å². The lowest BCUT2D eigenvalue weighted by atomic mass is 10.1. The van der Waals surface area contributed by atoms with E-state index in [4.69, 9.17) is 10.00 Å². The third-order valence-corrected chi connectivity index (χ3v) is 4.49. The Kier molecular flexibility index (Phi) is 5.76. The highest BCUT2D eigenvalue weighted by Gasteiger charge is 2.09. The zero-order chi connectivity index (χ0) is 21.6. The van der Waals surface area contributed by atoms with Crippen molar-refractivity contribution in [2.75, 3.05) is 6.61 Å². The van der Waals surface area contributed by atoms with Gasteiger partial charge in [0.2, 0.25) is 5.43 Å². The molecule has 152 valence electrons. The van der Waals surface area contributed by atoms with E-state index in [9.17, 15) is 4.79 Å².